The summed E-state index contributed by atoms with van der Waals surface area (Å²) in [4.78, 5) is 6.30. The fourth-order valence-electron chi connectivity index (χ4n) is 3.71. The fraction of sp³-hybridized carbons (Fsp3) is 0.286. The van der Waals surface area contributed by atoms with Gasteiger partial charge in [-0.2, -0.15) is 13.2 Å². The lowest BCUT2D eigenvalue weighted by molar-refractivity contribution is -0.137. The van der Waals surface area contributed by atoms with Gasteiger partial charge in [0.15, 0.2) is 0 Å². The first-order chi connectivity index (χ1) is 12.5. The van der Waals surface area contributed by atoms with E-state index in [0.717, 1.165) is 30.3 Å². The van der Waals surface area contributed by atoms with E-state index < -0.39 is 11.7 Å². The molecule has 0 fully saturated rings. The number of hydrogen-bond acceptors (Lipinski definition) is 2. The second-order valence-electron chi connectivity index (χ2n) is 6.73. The monoisotopic (exact) mass is 356 g/mol. The Bertz CT molecular complexity index is 853. The topological polar surface area (TPSA) is 16.1 Å². The van der Waals surface area contributed by atoms with E-state index in [1.807, 2.05) is 18.2 Å². The Morgan fingerprint density at radius 2 is 1.85 bits per heavy atom. The first-order valence-electron chi connectivity index (χ1n) is 8.73. The largest absolute Gasteiger partial charge is 0.417 e. The number of aromatic nitrogens is 1. The molecule has 0 amide bonds. The standard InChI is InChI=1S/C21H19F3N2/c22-21(23,24)18-11-17-13-26(14-19(17)25-12-18)20(15-7-3-1-4-8-15)16-9-5-2-6-10-16/h1,3-5,7-12,20H,2,6,13-14H2. The first kappa shape index (κ1) is 17.0. The van der Waals surface area contributed by atoms with Crippen molar-refractivity contribution in [3.05, 3.63) is 88.8 Å². The average molecular weight is 356 g/mol. The fourth-order valence-corrected chi connectivity index (χ4v) is 3.71. The van der Waals surface area contributed by atoms with Crippen LogP contribution >= 0.6 is 0 Å². The Morgan fingerprint density at radius 1 is 1.04 bits per heavy atom. The van der Waals surface area contributed by atoms with E-state index in [9.17, 15) is 13.2 Å². The quantitative estimate of drug-likeness (QED) is 0.729. The number of benzene rings is 1. The van der Waals surface area contributed by atoms with Crippen molar-refractivity contribution in [1.82, 2.24) is 9.88 Å². The van der Waals surface area contributed by atoms with Crippen molar-refractivity contribution in [3.63, 3.8) is 0 Å². The van der Waals surface area contributed by atoms with E-state index in [1.165, 1.54) is 11.6 Å². The molecule has 5 heteroatoms. The van der Waals surface area contributed by atoms with Gasteiger partial charge in [0, 0.05) is 19.3 Å². The van der Waals surface area contributed by atoms with E-state index in [4.69, 9.17) is 0 Å². The molecule has 2 heterocycles. The summed E-state index contributed by atoms with van der Waals surface area (Å²) in [5.41, 5.74) is 3.08. The van der Waals surface area contributed by atoms with Crippen molar-refractivity contribution < 1.29 is 13.2 Å². The Morgan fingerprint density at radius 3 is 2.54 bits per heavy atom. The van der Waals surface area contributed by atoms with Gasteiger partial charge in [-0.05, 0) is 35.6 Å². The molecular formula is C21H19F3N2. The predicted molar refractivity (Wildman–Crippen MR) is 94.1 cm³/mol. The second-order valence-corrected chi connectivity index (χ2v) is 6.73. The highest BCUT2D eigenvalue weighted by molar-refractivity contribution is 5.38. The molecule has 1 aliphatic heterocycles. The summed E-state index contributed by atoms with van der Waals surface area (Å²) in [6.07, 6.45) is 5.14. The van der Waals surface area contributed by atoms with Gasteiger partial charge in [-0.15, -0.1) is 0 Å². The molecule has 0 saturated heterocycles. The van der Waals surface area contributed by atoms with Crippen LogP contribution in [0.15, 0.2) is 66.4 Å². The zero-order valence-electron chi connectivity index (χ0n) is 14.2. The Hall–Kier alpha value is -2.40. The highest BCUT2D eigenvalue weighted by Gasteiger charge is 2.35. The number of nitrogens with zero attached hydrogens (tertiary/aromatic N) is 2. The van der Waals surface area contributed by atoms with Crippen LogP contribution in [0.1, 0.15) is 41.3 Å². The number of hydrogen-bond donors (Lipinski definition) is 0. The third-order valence-electron chi connectivity index (χ3n) is 4.93. The summed E-state index contributed by atoms with van der Waals surface area (Å²) in [6, 6.07) is 11.4. The molecule has 2 aliphatic rings. The lowest BCUT2D eigenvalue weighted by Gasteiger charge is -2.30. The molecule has 0 bridgehead atoms. The highest BCUT2D eigenvalue weighted by Crippen LogP contribution is 2.38. The van der Waals surface area contributed by atoms with Crippen LogP contribution in [0.25, 0.3) is 0 Å². The lowest BCUT2D eigenvalue weighted by Crippen LogP contribution is -2.25. The van der Waals surface area contributed by atoms with Crippen LogP contribution in [-0.2, 0) is 19.3 Å². The van der Waals surface area contributed by atoms with Crippen molar-refractivity contribution in [2.24, 2.45) is 0 Å². The first-order valence-corrected chi connectivity index (χ1v) is 8.73. The van der Waals surface area contributed by atoms with Crippen molar-refractivity contribution in [2.45, 2.75) is 38.1 Å². The van der Waals surface area contributed by atoms with Gasteiger partial charge < -0.3 is 0 Å². The van der Waals surface area contributed by atoms with Crippen LogP contribution < -0.4 is 0 Å². The van der Waals surface area contributed by atoms with Crippen LogP contribution in [0, 0.1) is 0 Å². The maximum Gasteiger partial charge on any atom is 0.417 e. The van der Waals surface area contributed by atoms with Gasteiger partial charge in [0.25, 0.3) is 0 Å². The van der Waals surface area contributed by atoms with E-state index in [2.05, 4.69) is 40.2 Å². The average Bonchev–Trinajstić information content (AvgIpc) is 3.05. The SMILES string of the molecule is FC(F)(F)c1cnc2c(c1)CN(C(C1=CCCC=C1)c1ccccc1)C2. The summed E-state index contributed by atoms with van der Waals surface area (Å²) < 4.78 is 39.0. The van der Waals surface area contributed by atoms with Gasteiger partial charge in [0.1, 0.15) is 0 Å². The smallest absolute Gasteiger partial charge is 0.282 e. The van der Waals surface area contributed by atoms with Gasteiger partial charge in [-0.1, -0.05) is 48.6 Å². The summed E-state index contributed by atoms with van der Waals surface area (Å²) in [7, 11) is 0. The molecule has 0 saturated carbocycles. The number of rotatable bonds is 3. The third kappa shape index (κ3) is 3.31. The molecule has 2 nitrogen and oxygen atoms in total. The second kappa shape index (κ2) is 6.72. The van der Waals surface area contributed by atoms with E-state index >= 15 is 0 Å². The molecule has 1 atom stereocenters. The van der Waals surface area contributed by atoms with Gasteiger partial charge >= 0.3 is 6.18 Å². The van der Waals surface area contributed by atoms with Crippen LogP contribution in [0.5, 0.6) is 0 Å². The summed E-state index contributed by atoms with van der Waals surface area (Å²) in [5.74, 6) is 0. The van der Waals surface area contributed by atoms with Crippen molar-refractivity contribution in [2.75, 3.05) is 0 Å². The van der Waals surface area contributed by atoms with Gasteiger partial charge in [-0.3, -0.25) is 9.88 Å². The van der Waals surface area contributed by atoms with Crippen molar-refractivity contribution in [1.29, 1.82) is 0 Å². The number of halogens is 3. The normalized spacial score (nSPS) is 18.5. The van der Waals surface area contributed by atoms with Crippen LogP contribution in [0.3, 0.4) is 0 Å². The summed E-state index contributed by atoms with van der Waals surface area (Å²) >= 11 is 0. The van der Waals surface area contributed by atoms with Crippen LogP contribution in [0.4, 0.5) is 13.2 Å². The molecule has 0 radical (unpaired) electrons. The van der Waals surface area contributed by atoms with Gasteiger partial charge in [0.2, 0.25) is 0 Å². The molecule has 1 aromatic carbocycles. The molecule has 134 valence electrons. The van der Waals surface area contributed by atoms with E-state index in [0.29, 0.717) is 18.7 Å². The molecule has 0 N–H and O–H groups in total. The number of fused-ring (bicyclic) bond motifs is 1. The third-order valence-corrected chi connectivity index (χ3v) is 4.93. The Kier molecular flexibility index (Phi) is 4.41. The van der Waals surface area contributed by atoms with Gasteiger partial charge in [0.05, 0.1) is 17.3 Å². The highest BCUT2D eigenvalue weighted by atomic mass is 19.4. The van der Waals surface area contributed by atoms with Gasteiger partial charge in [-0.25, -0.2) is 0 Å². The van der Waals surface area contributed by atoms with Crippen molar-refractivity contribution in [3.8, 4) is 0 Å². The Balaban J connectivity index is 1.67. The van der Waals surface area contributed by atoms with E-state index in [1.54, 1.807) is 0 Å². The maximum atomic E-state index is 13.0. The minimum absolute atomic E-state index is 0.0243. The predicted octanol–water partition coefficient (Wildman–Crippen LogP) is 5.43. The maximum absolute atomic E-state index is 13.0. The molecule has 1 aromatic heterocycles. The molecule has 1 aliphatic carbocycles. The number of pyridine rings is 1. The zero-order chi connectivity index (χ0) is 18.1. The lowest BCUT2D eigenvalue weighted by atomic mass is 9.93. The molecule has 26 heavy (non-hydrogen) atoms. The molecule has 1 unspecified atom stereocenters. The minimum Gasteiger partial charge on any atom is -0.282 e. The number of allylic oxidation sites excluding steroid dienone is 2. The van der Waals surface area contributed by atoms with Crippen LogP contribution in [-0.4, -0.2) is 9.88 Å². The molecule has 0 spiro atoms. The molecular weight excluding hydrogens is 337 g/mol. The van der Waals surface area contributed by atoms with Crippen molar-refractivity contribution >= 4 is 0 Å². The number of alkyl halides is 3. The summed E-state index contributed by atoms with van der Waals surface area (Å²) in [6.45, 7) is 1.02. The van der Waals surface area contributed by atoms with Crippen LogP contribution in [0.2, 0.25) is 0 Å². The Labute approximate surface area is 150 Å². The minimum atomic E-state index is -4.36. The molecule has 2 aromatic rings. The zero-order valence-corrected chi connectivity index (χ0v) is 14.2. The molecule has 4 rings (SSSR count). The van der Waals surface area contributed by atoms with E-state index in [-0.39, 0.29) is 6.04 Å². The summed E-state index contributed by atoms with van der Waals surface area (Å²) in [5, 5.41) is 0.